The number of alkyl halides is 3. The number of carboxylic acids is 1. The molecule has 0 heterocycles. The molecule has 0 bridgehead atoms. The fourth-order valence-corrected chi connectivity index (χ4v) is 2.63. The zero-order chi connectivity index (χ0) is 25.9. The van der Waals surface area contributed by atoms with E-state index in [-0.39, 0.29) is 36.1 Å². The molecular weight excluding hydrogens is 441 g/mol. The van der Waals surface area contributed by atoms with Crippen LogP contribution in [0.15, 0.2) is 18.2 Å². The van der Waals surface area contributed by atoms with Gasteiger partial charge in [0.2, 0.25) is 5.91 Å². The Morgan fingerprint density at radius 2 is 1.48 bits per heavy atom. The molecule has 0 aliphatic heterocycles. The van der Waals surface area contributed by atoms with Crippen molar-refractivity contribution in [2.75, 3.05) is 6.54 Å². The molecule has 0 radical (unpaired) electrons. The van der Waals surface area contributed by atoms with Crippen LogP contribution in [0.3, 0.4) is 0 Å². The van der Waals surface area contributed by atoms with Gasteiger partial charge in [-0.15, -0.1) is 0 Å². The fourth-order valence-electron chi connectivity index (χ4n) is 2.63. The second kappa shape index (κ2) is 13.8. The molecule has 188 valence electrons. The standard InChI is InChI=1S/C21H34N2O3.C2HF3O2/c1-13(2)16-9-7-10-17(14(3)4)20(16)26-18(24)11-8-12-23-21(25)19(22)15(5)6;3-2(4,5)1(6)7/h7,9-10,13-15,19H,8,11-12,22H2,1-6H3,(H,23,25);(H,6,7)/t19-;/m0./s1. The van der Waals surface area contributed by atoms with Crippen LogP contribution in [-0.2, 0) is 14.4 Å². The molecule has 1 atom stereocenters. The quantitative estimate of drug-likeness (QED) is 0.277. The summed E-state index contributed by atoms with van der Waals surface area (Å²) in [5.74, 6) is -1.90. The first-order valence-corrected chi connectivity index (χ1v) is 10.8. The number of esters is 1. The van der Waals surface area contributed by atoms with Crippen LogP contribution in [-0.4, -0.2) is 41.7 Å². The predicted molar refractivity (Wildman–Crippen MR) is 119 cm³/mol. The minimum Gasteiger partial charge on any atom is -0.475 e. The van der Waals surface area contributed by atoms with Gasteiger partial charge in [0.1, 0.15) is 5.75 Å². The van der Waals surface area contributed by atoms with Gasteiger partial charge in [0, 0.05) is 13.0 Å². The molecule has 0 aliphatic carbocycles. The average Bonchev–Trinajstić information content (AvgIpc) is 2.69. The molecule has 1 aromatic rings. The molecule has 1 aromatic carbocycles. The summed E-state index contributed by atoms with van der Waals surface area (Å²) in [6, 6.07) is 5.50. The van der Waals surface area contributed by atoms with E-state index in [0.29, 0.717) is 18.7 Å². The van der Waals surface area contributed by atoms with Crippen molar-refractivity contribution in [2.24, 2.45) is 11.7 Å². The Morgan fingerprint density at radius 3 is 1.85 bits per heavy atom. The number of benzene rings is 1. The third-order valence-corrected chi connectivity index (χ3v) is 4.66. The number of ether oxygens (including phenoxy) is 1. The average molecular weight is 477 g/mol. The highest BCUT2D eigenvalue weighted by Crippen LogP contribution is 2.34. The normalized spacial score (nSPS) is 12.3. The summed E-state index contributed by atoms with van der Waals surface area (Å²) in [5, 5.41) is 9.90. The Kier molecular flexibility index (Phi) is 12.7. The van der Waals surface area contributed by atoms with Gasteiger partial charge in [0.05, 0.1) is 6.04 Å². The van der Waals surface area contributed by atoms with Crippen molar-refractivity contribution in [3.8, 4) is 5.75 Å². The van der Waals surface area contributed by atoms with E-state index in [9.17, 15) is 22.8 Å². The molecule has 0 fully saturated rings. The molecule has 33 heavy (non-hydrogen) atoms. The number of nitrogens with two attached hydrogens (primary N) is 1. The van der Waals surface area contributed by atoms with Crippen LogP contribution in [0.2, 0.25) is 0 Å². The van der Waals surface area contributed by atoms with E-state index < -0.39 is 18.2 Å². The summed E-state index contributed by atoms with van der Waals surface area (Å²) in [5.41, 5.74) is 7.88. The van der Waals surface area contributed by atoms with E-state index in [1.54, 1.807) is 0 Å². The molecule has 7 nitrogen and oxygen atoms in total. The van der Waals surface area contributed by atoms with Crippen molar-refractivity contribution < 1.29 is 37.4 Å². The number of amides is 1. The number of hydrogen-bond acceptors (Lipinski definition) is 5. The lowest BCUT2D eigenvalue weighted by atomic mass is 9.94. The highest BCUT2D eigenvalue weighted by Gasteiger charge is 2.38. The first-order valence-electron chi connectivity index (χ1n) is 10.8. The van der Waals surface area contributed by atoms with E-state index in [1.165, 1.54) is 0 Å². The smallest absolute Gasteiger partial charge is 0.475 e. The number of para-hydroxylation sites is 1. The fraction of sp³-hybridized carbons (Fsp3) is 0.609. The van der Waals surface area contributed by atoms with Crippen molar-refractivity contribution in [3.63, 3.8) is 0 Å². The Hall–Kier alpha value is -2.62. The Morgan fingerprint density at radius 1 is 1.03 bits per heavy atom. The van der Waals surface area contributed by atoms with Gasteiger partial charge in [-0.25, -0.2) is 4.79 Å². The molecule has 0 aromatic heterocycles. The lowest BCUT2D eigenvalue weighted by Gasteiger charge is -2.19. The second-order valence-corrected chi connectivity index (χ2v) is 8.52. The van der Waals surface area contributed by atoms with E-state index in [2.05, 4.69) is 33.0 Å². The lowest BCUT2D eigenvalue weighted by molar-refractivity contribution is -0.192. The molecule has 10 heteroatoms. The summed E-state index contributed by atoms with van der Waals surface area (Å²) in [7, 11) is 0. The summed E-state index contributed by atoms with van der Waals surface area (Å²) >= 11 is 0. The third kappa shape index (κ3) is 11.2. The number of hydrogen-bond donors (Lipinski definition) is 3. The molecule has 0 aliphatic rings. The summed E-state index contributed by atoms with van der Waals surface area (Å²) in [6.45, 7) is 12.6. The van der Waals surface area contributed by atoms with E-state index in [0.717, 1.165) is 11.1 Å². The van der Waals surface area contributed by atoms with Crippen LogP contribution in [0.5, 0.6) is 5.75 Å². The zero-order valence-electron chi connectivity index (χ0n) is 20.0. The van der Waals surface area contributed by atoms with E-state index >= 15 is 0 Å². The third-order valence-electron chi connectivity index (χ3n) is 4.66. The van der Waals surface area contributed by atoms with Crippen molar-refractivity contribution >= 4 is 17.8 Å². The molecule has 1 rings (SSSR count). The minimum atomic E-state index is -5.08. The summed E-state index contributed by atoms with van der Waals surface area (Å²) < 4.78 is 37.5. The number of aliphatic carboxylic acids is 1. The van der Waals surface area contributed by atoms with Crippen molar-refractivity contribution in [1.29, 1.82) is 0 Å². The van der Waals surface area contributed by atoms with E-state index in [4.69, 9.17) is 20.4 Å². The van der Waals surface area contributed by atoms with E-state index in [1.807, 2.05) is 32.0 Å². The van der Waals surface area contributed by atoms with Crippen LogP contribution in [0.1, 0.15) is 77.3 Å². The molecule has 0 unspecified atom stereocenters. The maximum absolute atomic E-state index is 12.3. The summed E-state index contributed by atoms with van der Waals surface area (Å²) in [6.07, 6.45) is -4.31. The summed E-state index contributed by atoms with van der Waals surface area (Å²) in [4.78, 5) is 33.0. The van der Waals surface area contributed by atoms with Gasteiger partial charge in [-0.1, -0.05) is 59.7 Å². The number of carboxylic acid groups (broad SMARTS) is 1. The molecular formula is C23H35F3N2O5. The maximum atomic E-state index is 12.3. The molecule has 0 saturated heterocycles. The monoisotopic (exact) mass is 476 g/mol. The van der Waals surface area contributed by atoms with Crippen molar-refractivity contribution in [3.05, 3.63) is 29.3 Å². The van der Waals surface area contributed by atoms with Gasteiger partial charge >= 0.3 is 18.1 Å². The van der Waals surface area contributed by atoms with Crippen molar-refractivity contribution in [2.45, 2.75) is 78.4 Å². The zero-order valence-corrected chi connectivity index (χ0v) is 20.0. The molecule has 0 saturated carbocycles. The maximum Gasteiger partial charge on any atom is 0.490 e. The van der Waals surface area contributed by atoms with Gasteiger partial charge in [0.25, 0.3) is 0 Å². The van der Waals surface area contributed by atoms with Gasteiger partial charge in [-0.2, -0.15) is 13.2 Å². The van der Waals surface area contributed by atoms with Gasteiger partial charge in [0.15, 0.2) is 0 Å². The Balaban J connectivity index is 0.00000126. The number of halogens is 3. The minimum absolute atomic E-state index is 0.0851. The molecule has 1 amide bonds. The SMILES string of the molecule is CC(C)c1cccc(C(C)C)c1OC(=O)CCCNC(=O)[C@@H](N)C(C)C.O=C(O)C(F)(F)F. The van der Waals surface area contributed by atoms with Crippen LogP contribution < -0.4 is 15.8 Å². The predicted octanol–water partition coefficient (Wildman–Crippen LogP) is 4.35. The van der Waals surface area contributed by atoms with Gasteiger partial charge in [-0.05, 0) is 35.3 Å². The lowest BCUT2D eigenvalue weighted by Crippen LogP contribution is -2.44. The first-order chi connectivity index (χ1) is 15.1. The first kappa shape index (κ1) is 30.4. The number of rotatable bonds is 9. The Bertz CT molecular complexity index is 767. The van der Waals surface area contributed by atoms with Crippen LogP contribution in [0.4, 0.5) is 13.2 Å². The van der Waals surface area contributed by atoms with Crippen LogP contribution in [0, 0.1) is 5.92 Å². The molecule has 4 N–H and O–H groups in total. The topological polar surface area (TPSA) is 119 Å². The largest absolute Gasteiger partial charge is 0.490 e. The number of carbonyl (C=O) groups is 3. The van der Waals surface area contributed by atoms with Gasteiger partial charge in [-0.3, -0.25) is 9.59 Å². The highest BCUT2D eigenvalue weighted by molar-refractivity contribution is 5.81. The van der Waals surface area contributed by atoms with Gasteiger partial charge < -0.3 is 20.9 Å². The number of carbonyl (C=O) groups excluding carboxylic acids is 2. The molecule has 0 spiro atoms. The van der Waals surface area contributed by atoms with Crippen molar-refractivity contribution in [1.82, 2.24) is 5.32 Å². The Labute approximate surface area is 192 Å². The second-order valence-electron chi connectivity index (χ2n) is 8.52. The van der Waals surface area contributed by atoms with Crippen LogP contribution in [0.25, 0.3) is 0 Å². The number of nitrogens with one attached hydrogen (secondary N) is 1. The van der Waals surface area contributed by atoms with Crippen LogP contribution >= 0.6 is 0 Å². The highest BCUT2D eigenvalue weighted by atomic mass is 19.4.